The summed E-state index contributed by atoms with van der Waals surface area (Å²) in [5.74, 6) is 0. The zero-order chi connectivity index (χ0) is 8.97. The molecule has 2 N–H and O–H groups in total. The zero-order valence-electron chi connectivity index (χ0n) is 6.82. The molecular formula is C9H10N2S. The molecule has 12 heavy (non-hydrogen) atoms. The van der Waals surface area contributed by atoms with E-state index in [4.69, 9.17) is 11.0 Å². The average Bonchev–Trinajstić information content (AvgIpc) is 2.17. The second-order valence-electron chi connectivity index (χ2n) is 2.38. The van der Waals surface area contributed by atoms with Crippen molar-refractivity contribution in [2.45, 2.75) is 10.9 Å². The fourth-order valence-corrected chi connectivity index (χ4v) is 1.29. The van der Waals surface area contributed by atoms with Crippen LogP contribution in [0.2, 0.25) is 0 Å². The Labute approximate surface area is 76.4 Å². The third-order valence-corrected chi connectivity index (χ3v) is 2.36. The number of thioether (sulfide) groups is 1. The van der Waals surface area contributed by atoms with E-state index in [0.717, 1.165) is 5.56 Å². The number of nitrogens with zero attached hydrogens (tertiary/aromatic N) is 1. The van der Waals surface area contributed by atoms with Gasteiger partial charge in [-0.2, -0.15) is 5.26 Å². The lowest BCUT2D eigenvalue weighted by Crippen LogP contribution is -2.06. The van der Waals surface area contributed by atoms with Crippen LogP contribution in [0.5, 0.6) is 0 Å². The highest BCUT2D eigenvalue weighted by atomic mass is 32.2. The topological polar surface area (TPSA) is 49.8 Å². The van der Waals surface area contributed by atoms with Crippen LogP contribution >= 0.6 is 11.8 Å². The first-order chi connectivity index (χ1) is 5.77. The summed E-state index contributed by atoms with van der Waals surface area (Å²) in [6.07, 6.45) is 2.01. The van der Waals surface area contributed by atoms with Crippen LogP contribution in [0, 0.1) is 11.3 Å². The number of hydrogen-bond donors (Lipinski definition) is 1. The molecule has 0 aliphatic heterocycles. The minimum atomic E-state index is -0.499. The highest BCUT2D eigenvalue weighted by Gasteiger charge is 2.02. The van der Waals surface area contributed by atoms with E-state index >= 15 is 0 Å². The predicted octanol–water partition coefficient (Wildman–Crippen LogP) is 1.93. The summed E-state index contributed by atoms with van der Waals surface area (Å²) in [6.45, 7) is 0. The molecule has 0 aromatic heterocycles. The van der Waals surface area contributed by atoms with Gasteiger partial charge in [-0.1, -0.05) is 12.1 Å². The molecule has 0 aliphatic carbocycles. The third-order valence-electron chi connectivity index (χ3n) is 1.61. The van der Waals surface area contributed by atoms with Crippen LogP contribution in [-0.4, -0.2) is 6.26 Å². The lowest BCUT2D eigenvalue weighted by atomic mass is 10.1. The van der Waals surface area contributed by atoms with Crippen LogP contribution in [-0.2, 0) is 0 Å². The summed E-state index contributed by atoms with van der Waals surface area (Å²) in [7, 11) is 0. The number of hydrogen-bond acceptors (Lipinski definition) is 3. The van der Waals surface area contributed by atoms with Crippen LogP contribution < -0.4 is 5.73 Å². The third kappa shape index (κ3) is 2.00. The van der Waals surface area contributed by atoms with E-state index in [1.54, 1.807) is 11.8 Å². The highest BCUT2D eigenvalue weighted by molar-refractivity contribution is 7.98. The van der Waals surface area contributed by atoms with E-state index in [1.165, 1.54) is 4.90 Å². The van der Waals surface area contributed by atoms with Gasteiger partial charge in [0.15, 0.2) is 0 Å². The molecule has 0 amide bonds. The van der Waals surface area contributed by atoms with Gasteiger partial charge in [-0.05, 0) is 24.0 Å². The molecule has 0 radical (unpaired) electrons. The van der Waals surface area contributed by atoms with Crippen molar-refractivity contribution in [3.05, 3.63) is 29.8 Å². The van der Waals surface area contributed by atoms with Crippen molar-refractivity contribution in [3.8, 4) is 6.07 Å². The molecule has 0 saturated carbocycles. The van der Waals surface area contributed by atoms with Crippen molar-refractivity contribution in [3.63, 3.8) is 0 Å². The summed E-state index contributed by atoms with van der Waals surface area (Å²) in [5, 5.41) is 8.53. The van der Waals surface area contributed by atoms with Crippen LogP contribution in [0.25, 0.3) is 0 Å². The summed E-state index contributed by atoms with van der Waals surface area (Å²) < 4.78 is 0. The Hall–Kier alpha value is -0.980. The molecule has 1 aromatic rings. The Morgan fingerprint density at radius 1 is 1.42 bits per heavy atom. The van der Waals surface area contributed by atoms with E-state index in [0.29, 0.717) is 0 Å². The van der Waals surface area contributed by atoms with Gasteiger partial charge in [-0.15, -0.1) is 11.8 Å². The first-order valence-electron chi connectivity index (χ1n) is 3.57. The minimum Gasteiger partial charge on any atom is -0.312 e. The lowest BCUT2D eigenvalue weighted by Gasteiger charge is -2.02. The molecule has 0 saturated heterocycles. The SMILES string of the molecule is CSc1ccc(C(N)C#N)cc1. The van der Waals surface area contributed by atoms with Crippen molar-refractivity contribution in [2.75, 3.05) is 6.26 Å². The Balaban J connectivity index is 2.86. The van der Waals surface area contributed by atoms with Crippen molar-refractivity contribution in [1.29, 1.82) is 5.26 Å². The van der Waals surface area contributed by atoms with E-state index in [-0.39, 0.29) is 0 Å². The van der Waals surface area contributed by atoms with Crippen LogP contribution in [0.1, 0.15) is 11.6 Å². The van der Waals surface area contributed by atoms with Crippen LogP contribution in [0.4, 0.5) is 0 Å². The monoisotopic (exact) mass is 178 g/mol. The van der Waals surface area contributed by atoms with Gasteiger partial charge in [0, 0.05) is 4.90 Å². The van der Waals surface area contributed by atoms with E-state index in [9.17, 15) is 0 Å². The highest BCUT2D eigenvalue weighted by Crippen LogP contribution is 2.17. The maximum atomic E-state index is 8.53. The number of benzene rings is 1. The normalized spacial score (nSPS) is 12.1. The van der Waals surface area contributed by atoms with Gasteiger partial charge in [-0.25, -0.2) is 0 Å². The van der Waals surface area contributed by atoms with Gasteiger partial charge in [0.2, 0.25) is 0 Å². The molecule has 0 fully saturated rings. The molecule has 3 heteroatoms. The van der Waals surface area contributed by atoms with Gasteiger partial charge in [-0.3, -0.25) is 0 Å². The molecule has 1 unspecified atom stereocenters. The molecule has 0 spiro atoms. The molecule has 62 valence electrons. The smallest absolute Gasteiger partial charge is 0.118 e. The Bertz CT molecular complexity index is 286. The fraction of sp³-hybridized carbons (Fsp3) is 0.222. The molecular weight excluding hydrogens is 168 g/mol. The van der Waals surface area contributed by atoms with Crippen molar-refractivity contribution in [2.24, 2.45) is 5.73 Å². The van der Waals surface area contributed by atoms with E-state index in [2.05, 4.69) is 0 Å². The molecule has 2 nitrogen and oxygen atoms in total. The number of nitriles is 1. The molecule has 1 rings (SSSR count). The predicted molar refractivity (Wildman–Crippen MR) is 50.8 cm³/mol. The second-order valence-corrected chi connectivity index (χ2v) is 3.26. The summed E-state index contributed by atoms with van der Waals surface area (Å²) in [5.41, 5.74) is 6.39. The second kappa shape index (κ2) is 4.15. The zero-order valence-corrected chi connectivity index (χ0v) is 7.64. The van der Waals surface area contributed by atoms with Gasteiger partial charge < -0.3 is 5.73 Å². The molecule has 0 aliphatic rings. The van der Waals surface area contributed by atoms with Gasteiger partial charge in [0.05, 0.1) is 6.07 Å². The van der Waals surface area contributed by atoms with E-state index < -0.39 is 6.04 Å². The number of nitrogens with two attached hydrogens (primary N) is 1. The summed E-state index contributed by atoms with van der Waals surface area (Å²) in [6, 6.07) is 9.21. The van der Waals surface area contributed by atoms with Gasteiger partial charge in [0.25, 0.3) is 0 Å². The van der Waals surface area contributed by atoms with Crippen molar-refractivity contribution < 1.29 is 0 Å². The summed E-state index contributed by atoms with van der Waals surface area (Å²) in [4.78, 5) is 1.18. The molecule has 1 atom stereocenters. The standard InChI is InChI=1S/C9H10N2S/c1-12-8-4-2-7(3-5-8)9(11)6-10/h2-5,9H,11H2,1H3. The fourth-order valence-electron chi connectivity index (χ4n) is 0.886. The largest absolute Gasteiger partial charge is 0.312 e. The summed E-state index contributed by atoms with van der Waals surface area (Å²) >= 11 is 1.67. The number of rotatable bonds is 2. The Morgan fingerprint density at radius 2 is 2.00 bits per heavy atom. The first kappa shape index (κ1) is 9.11. The molecule has 0 bridgehead atoms. The first-order valence-corrected chi connectivity index (χ1v) is 4.79. The van der Waals surface area contributed by atoms with Gasteiger partial charge >= 0.3 is 0 Å². The Kier molecular flexibility index (Phi) is 3.15. The van der Waals surface area contributed by atoms with Crippen molar-refractivity contribution in [1.82, 2.24) is 0 Å². The average molecular weight is 178 g/mol. The Morgan fingerprint density at radius 3 is 2.42 bits per heavy atom. The maximum absolute atomic E-state index is 8.53. The van der Waals surface area contributed by atoms with Crippen LogP contribution in [0.3, 0.4) is 0 Å². The molecule has 1 aromatic carbocycles. The maximum Gasteiger partial charge on any atom is 0.118 e. The minimum absolute atomic E-state index is 0.499. The van der Waals surface area contributed by atoms with Gasteiger partial charge in [0.1, 0.15) is 6.04 Å². The van der Waals surface area contributed by atoms with Crippen molar-refractivity contribution >= 4 is 11.8 Å². The lowest BCUT2D eigenvalue weighted by molar-refractivity contribution is 0.924. The molecule has 0 heterocycles. The van der Waals surface area contributed by atoms with Crippen LogP contribution in [0.15, 0.2) is 29.2 Å². The van der Waals surface area contributed by atoms with E-state index in [1.807, 2.05) is 36.6 Å². The quantitative estimate of drug-likeness (QED) is 0.704.